The first-order valence-electron chi connectivity index (χ1n) is 5.36. The number of nitrogens with zero attached hydrogens (tertiary/aromatic N) is 2. The first-order chi connectivity index (χ1) is 8.50. The molecule has 0 aliphatic rings. The summed E-state index contributed by atoms with van der Waals surface area (Å²) in [5, 5.41) is 2.83. The highest BCUT2D eigenvalue weighted by atomic mass is 32.2. The lowest BCUT2D eigenvalue weighted by molar-refractivity contribution is 0.399. The highest BCUT2D eigenvalue weighted by molar-refractivity contribution is 7.89. The number of anilines is 2. The molecule has 0 saturated heterocycles. The Morgan fingerprint density at radius 3 is 2.78 bits per heavy atom. The largest absolute Gasteiger partial charge is 0.479 e. The molecule has 0 fully saturated rings. The molecule has 4 N–H and O–H groups in total. The molecule has 0 aliphatic heterocycles. The van der Waals surface area contributed by atoms with Crippen LogP contribution >= 0.6 is 0 Å². The topological polar surface area (TPSA) is 119 Å². The maximum Gasteiger partial charge on any atom is 0.242 e. The van der Waals surface area contributed by atoms with Crippen molar-refractivity contribution in [3.8, 4) is 5.88 Å². The summed E-state index contributed by atoms with van der Waals surface area (Å²) in [7, 11) is -1.82. The molecule has 18 heavy (non-hydrogen) atoms. The van der Waals surface area contributed by atoms with Crippen molar-refractivity contribution in [2.24, 2.45) is 0 Å². The lowest BCUT2D eigenvalue weighted by Crippen LogP contribution is -2.29. The molecule has 8 nitrogen and oxygen atoms in total. The smallest absolute Gasteiger partial charge is 0.242 e. The Kier molecular flexibility index (Phi) is 5.10. The van der Waals surface area contributed by atoms with Gasteiger partial charge in [0.25, 0.3) is 0 Å². The van der Waals surface area contributed by atoms with Gasteiger partial charge in [0, 0.05) is 13.1 Å². The highest BCUT2D eigenvalue weighted by Crippen LogP contribution is 2.23. The fourth-order valence-electron chi connectivity index (χ4n) is 1.28. The number of ether oxygens (including phenoxy) is 1. The number of aromatic nitrogens is 2. The highest BCUT2D eigenvalue weighted by Gasteiger charge is 2.11. The Bertz CT molecular complexity index is 491. The van der Waals surface area contributed by atoms with Crippen molar-refractivity contribution in [3.05, 3.63) is 6.33 Å². The number of rotatable bonds is 7. The molecule has 102 valence electrons. The Morgan fingerprint density at radius 2 is 2.17 bits per heavy atom. The van der Waals surface area contributed by atoms with E-state index in [-0.39, 0.29) is 23.9 Å². The first-order valence-corrected chi connectivity index (χ1v) is 7.01. The van der Waals surface area contributed by atoms with Gasteiger partial charge in [0.1, 0.15) is 12.0 Å². The monoisotopic (exact) mass is 275 g/mol. The zero-order chi connectivity index (χ0) is 13.6. The van der Waals surface area contributed by atoms with Crippen molar-refractivity contribution in [2.75, 3.05) is 37.0 Å². The van der Waals surface area contributed by atoms with E-state index in [0.29, 0.717) is 12.4 Å². The van der Waals surface area contributed by atoms with Gasteiger partial charge >= 0.3 is 0 Å². The van der Waals surface area contributed by atoms with Crippen molar-refractivity contribution in [1.29, 1.82) is 0 Å². The second-order valence-corrected chi connectivity index (χ2v) is 5.32. The fourth-order valence-corrected chi connectivity index (χ4v) is 2.23. The minimum atomic E-state index is -3.26. The molecule has 0 aromatic carbocycles. The molecule has 0 amide bonds. The van der Waals surface area contributed by atoms with Crippen LogP contribution in [-0.4, -0.2) is 44.3 Å². The van der Waals surface area contributed by atoms with Gasteiger partial charge in [0.15, 0.2) is 5.82 Å². The van der Waals surface area contributed by atoms with Gasteiger partial charge in [0.2, 0.25) is 15.9 Å². The lowest BCUT2D eigenvalue weighted by atomic mass is 10.4. The van der Waals surface area contributed by atoms with Crippen LogP contribution in [0.5, 0.6) is 5.88 Å². The third-order valence-electron chi connectivity index (χ3n) is 2.07. The molecule has 0 saturated carbocycles. The van der Waals surface area contributed by atoms with E-state index < -0.39 is 10.0 Å². The van der Waals surface area contributed by atoms with E-state index in [1.807, 2.05) is 0 Å². The zero-order valence-electron chi connectivity index (χ0n) is 10.3. The van der Waals surface area contributed by atoms with Gasteiger partial charge in [-0.1, -0.05) is 6.92 Å². The fraction of sp³-hybridized carbons (Fsp3) is 0.556. The summed E-state index contributed by atoms with van der Waals surface area (Å²) < 4.78 is 30.1. The normalized spacial score (nSPS) is 11.2. The average Bonchev–Trinajstić information content (AvgIpc) is 2.31. The molecule has 0 bridgehead atoms. The molecule has 0 unspecified atom stereocenters. The van der Waals surface area contributed by atoms with E-state index in [2.05, 4.69) is 20.0 Å². The Balaban J connectivity index is 2.60. The SMILES string of the molecule is CCNS(=O)(=O)CCNc1ncnc(OC)c1N. The Labute approximate surface area is 106 Å². The first kappa shape index (κ1) is 14.5. The van der Waals surface area contributed by atoms with Crippen LogP contribution in [0.15, 0.2) is 6.33 Å². The summed E-state index contributed by atoms with van der Waals surface area (Å²) in [6, 6.07) is 0. The van der Waals surface area contributed by atoms with Gasteiger partial charge in [-0.15, -0.1) is 0 Å². The molecule has 0 aliphatic carbocycles. The predicted molar refractivity (Wildman–Crippen MR) is 68.9 cm³/mol. The maximum absolute atomic E-state index is 11.4. The van der Waals surface area contributed by atoms with Gasteiger partial charge < -0.3 is 15.8 Å². The molecule has 1 heterocycles. The number of nitrogen functional groups attached to an aromatic ring is 1. The molecule has 0 radical (unpaired) electrons. The summed E-state index contributed by atoms with van der Waals surface area (Å²) in [4.78, 5) is 7.72. The molecule has 0 spiro atoms. The van der Waals surface area contributed by atoms with Gasteiger partial charge in [-0.25, -0.2) is 18.1 Å². The van der Waals surface area contributed by atoms with Gasteiger partial charge in [-0.3, -0.25) is 0 Å². The third-order valence-corrected chi connectivity index (χ3v) is 3.54. The molecule has 0 atom stereocenters. The number of sulfonamides is 1. The van der Waals surface area contributed by atoms with Crippen LogP contribution in [0.4, 0.5) is 11.5 Å². The molecular weight excluding hydrogens is 258 g/mol. The maximum atomic E-state index is 11.4. The minimum Gasteiger partial charge on any atom is -0.479 e. The van der Waals surface area contributed by atoms with Crippen LogP contribution in [0, 0.1) is 0 Å². The van der Waals surface area contributed by atoms with Crippen LogP contribution in [-0.2, 0) is 10.0 Å². The van der Waals surface area contributed by atoms with Crippen molar-refractivity contribution in [2.45, 2.75) is 6.92 Å². The summed E-state index contributed by atoms with van der Waals surface area (Å²) in [6.45, 7) is 2.28. The molecular formula is C9H17N5O3S. The van der Waals surface area contributed by atoms with Crippen LogP contribution in [0.3, 0.4) is 0 Å². The Hall–Kier alpha value is -1.61. The second-order valence-electron chi connectivity index (χ2n) is 3.39. The second kappa shape index (κ2) is 6.36. The van der Waals surface area contributed by atoms with E-state index >= 15 is 0 Å². The molecule has 1 aromatic heterocycles. The van der Waals surface area contributed by atoms with E-state index in [4.69, 9.17) is 10.5 Å². The predicted octanol–water partition coefficient (Wildman–Crippen LogP) is -0.581. The summed E-state index contributed by atoms with van der Waals surface area (Å²) in [6.07, 6.45) is 1.29. The lowest BCUT2D eigenvalue weighted by Gasteiger charge is -2.10. The van der Waals surface area contributed by atoms with E-state index in [1.54, 1.807) is 6.92 Å². The number of nitrogens with two attached hydrogens (primary N) is 1. The van der Waals surface area contributed by atoms with Crippen LogP contribution < -0.4 is 20.5 Å². The number of hydrogen-bond donors (Lipinski definition) is 3. The van der Waals surface area contributed by atoms with E-state index in [9.17, 15) is 8.42 Å². The van der Waals surface area contributed by atoms with Crippen molar-refractivity contribution in [1.82, 2.24) is 14.7 Å². The van der Waals surface area contributed by atoms with Crippen LogP contribution in [0.2, 0.25) is 0 Å². The summed E-state index contributed by atoms with van der Waals surface area (Å²) in [5.41, 5.74) is 5.98. The number of methoxy groups -OCH3 is 1. The van der Waals surface area contributed by atoms with Gasteiger partial charge in [-0.05, 0) is 0 Å². The van der Waals surface area contributed by atoms with Gasteiger partial charge in [0.05, 0.1) is 12.9 Å². The Morgan fingerprint density at radius 1 is 1.44 bits per heavy atom. The van der Waals surface area contributed by atoms with Crippen LogP contribution in [0.1, 0.15) is 6.92 Å². The third kappa shape index (κ3) is 4.00. The molecule has 9 heteroatoms. The van der Waals surface area contributed by atoms with Crippen molar-refractivity contribution < 1.29 is 13.2 Å². The standard InChI is InChI=1S/C9H17N5O3S/c1-3-14-18(15,16)5-4-11-8-7(10)9(17-2)13-6-12-8/h6,14H,3-5,10H2,1-2H3,(H,11,12,13). The van der Waals surface area contributed by atoms with Crippen molar-refractivity contribution in [3.63, 3.8) is 0 Å². The van der Waals surface area contributed by atoms with E-state index in [1.165, 1.54) is 13.4 Å². The van der Waals surface area contributed by atoms with Gasteiger partial charge in [-0.2, -0.15) is 4.98 Å². The molecule has 1 rings (SSSR count). The quantitative estimate of drug-likeness (QED) is 0.609. The van der Waals surface area contributed by atoms with Crippen molar-refractivity contribution >= 4 is 21.5 Å². The number of hydrogen-bond acceptors (Lipinski definition) is 7. The molecule has 1 aromatic rings. The zero-order valence-corrected chi connectivity index (χ0v) is 11.1. The number of nitrogens with one attached hydrogen (secondary N) is 2. The summed E-state index contributed by atoms with van der Waals surface area (Å²) in [5.74, 6) is 0.544. The van der Waals surface area contributed by atoms with E-state index in [0.717, 1.165) is 0 Å². The minimum absolute atomic E-state index is 0.0629. The van der Waals surface area contributed by atoms with Crippen LogP contribution in [0.25, 0.3) is 0 Å². The summed E-state index contributed by atoms with van der Waals surface area (Å²) >= 11 is 0. The average molecular weight is 275 g/mol.